The Balaban J connectivity index is 1.29. The normalized spacial score (nSPS) is 43.2. The molecule has 3 fully saturated rings. The van der Waals surface area contributed by atoms with Crippen molar-refractivity contribution in [3.05, 3.63) is 53.4 Å². The topological polar surface area (TPSA) is 37.4 Å². The van der Waals surface area contributed by atoms with Gasteiger partial charge in [-0.25, -0.2) is 0 Å². The number of nitrogens with zero attached hydrogens (tertiary/aromatic N) is 2. The lowest BCUT2D eigenvalue weighted by Crippen LogP contribution is -2.56. The SMILES string of the molecule is CN(C)[C@H]1CCC2=CC3=CC[C@]4(C)[C@@H](NCc5cccnc5)CC[C@H]4[C@@]34CC[C@]2(C1)O4. The van der Waals surface area contributed by atoms with Crippen LogP contribution in [0, 0.1) is 11.3 Å². The Morgan fingerprint density at radius 1 is 1.23 bits per heavy atom. The molecule has 3 aliphatic carbocycles. The van der Waals surface area contributed by atoms with Crippen LogP contribution in [0.5, 0.6) is 0 Å². The third kappa shape index (κ3) is 2.87. The van der Waals surface area contributed by atoms with E-state index in [-0.39, 0.29) is 16.6 Å². The number of aromatic nitrogens is 1. The van der Waals surface area contributed by atoms with Crippen LogP contribution in [-0.2, 0) is 11.3 Å². The van der Waals surface area contributed by atoms with Gasteiger partial charge >= 0.3 is 0 Å². The molecule has 1 N–H and O–H groups in total. The van der Waals surface area contributed by atoms with Crippen molar-refractivity contribution in [1.82, 2.24) is 15.2 Å². The Kier molecular flexibility index (Phi) is 4.55. The van der Waals surface area contributed by atoms with Crippen LogP contribution in [0.25, 0.3) is 0 Å². The van der Waals surface area contributed by atoms with Crippen molar-refractivity contribution in [3.8, 4) is 0 Å². The molecule has 6 rings (SSSR count). The highest BCUT2D eigenvalue weighted by Crippen LogP contribution is 2.66. The Labute approximate surface area is 187 Å². The molecule has 166 valence electrons. The molecular weight excluding hydrogens is 382 g/mol. The van der Waals surface area contributed by atoms with Gasteiger partial charge in [-0.15, -0.1) is 0 Å². The number of allylic oxidation sites excluding steroid dienone is 1. The summed E-state index contributed by atoms with van der Waals surface area (Å²) in [6.07, 6.45) is 18.7. The summed E-state index contributed by atoms with van der Waals surface area (Å²) in [7, 11) is 4.48. The average molecular weight is 420 g/mol. The van der Waals surface area contributed by atoms with Crippen LogP contribution >= 0.6 is 0 Å². The minimum Gasteiger partial charge on any atom is -0.359 e. The molecule has 3 heterocycles. The van der Waals surface area contributed by atoms with Crippen LogP contribution in [0.4, 0.5) is 0 Å². The quantitative estimate of drug-likeness (QED) is 0.772. The second kappa shape index (κ2) is 7.00. The second-order valence-corrected chi connectivity index (χ2v) is 11.3. The Bertz CT molecular complexity index is 924. The number of pyridine rings is 1. The van der Waals surface area contributed by atoms with Gasteiger partial charge in [0.15, 0.2) is 0 Å². The Hall–Kier alpha value is -1.49. The van der Waals surface area contributed by atoms with E-state index in [4.69, 9.17) is 4.74 Å². The van der Waals surface area contributed by atoms with Gasteiger partial charge in [0.2, 0.25) is 0 Å². The lowest BCUT2D eigenvalue weighted by molar-refractivity contribution is -0.140. The van der Waals surface area contributed by atoms with Crippen molar-refractivity contribution in [1.29, 1.82) is 0 Å². The summed E-state index contributed by atoms with van der Waals surface area (Å²) in [5, 5.41) is 3.92. The summed E-state index contributed by atoms with van der Waals surface area (Å²) in [4.78, 5) is 6.71. The Morgan fingerprint density at radius 2 is 2.13 bits per heavy atom. The fraction of sp³-hybridized carbons (Fsp3) is 0.667. The first-order valence-corrected chi connectivity index (χ1v) is 12.4. The number of hydrogen-bond donors (Lipinski definition) is 1. The molecule has 4 nitrogen and oxygen atoms in total. The van der Waals surface area contributed by atoms with Gasteiger partial charge in [-0.2, -0.15) is 0 Å². The van der Waals surface area contributed by atoms with Gasteiger partial charge in [0.05, 0.1) is 11.2 Å². The second-order valence-electron chi connectivity index (χ2n) is 11.3. The van der Waals surface area contributed by atoms with Gasteiger partial charge in [0.1, 0.15) is 0 Å². The van der Waals surface area contributed by atoms with Crippen molar-refractivity contribution in [2.24, 2.45) is 11.3 Å². The molecule has 2 spiro atoms. The van der Waals surface area contributed by atoms with E-state index in [1.807, 2.05) is 18.5 Å². The summed E-state index contributed by atoms with van der Waals surface area (Å²) < 4.78 is 7.35. The predicted octanol–water partition coefficient (Wildman–Crippen LogP) is 4.63. The summed E-state index contributed by atoms with van der Waals surface area (Å²) in [6.45, 7) is 3.44. The molecule has 5 aliphatic rings. The predicted molar refractivity (Wildman–Crippen MR) is 124 cm³/mol. The third-order valence-corrected chi connectivity index (χ3v) is 9.66. The zero-order chi connectivity index (χ0) is 21.3. The van der Waals surface area contributed by atoms with Crippen molar-refractivity contribution in [3.63, 3.8) is 0 Å². The van der Waals surface area contributed by atoms with Crippen LogP contribution in [0.3, 0.4) is 0 Å². The molecule has 31 heavy (non-hydrogen) atoms. The van der Waals surface area contributed by atoms with Crippen molar-refractivity contribution < 1.29 is 4.74 Å². The number of hydrogen-bond acceptors (Lipinski definition) is 4. The highest BCUT2D eigenvalue weighted by molar-refractivity contribution is 5.47. The number of ether oxygens (including phenoxy) is 1. The van der Waals surface area contributed by atoms with Gasteiger partial charge in [-0.1, -0.05) is 25.1 Å². The highest BCUT2D eigenvalue weighted by atomic mass is 16.5. The van der Waals surface area contributed by atoms with E-state index in [9.17, 15) is 0 Å². The van der Waals surface area contributed by atoms with Gasteiger partial charge in [-0.05, 0) is 99.6 Å². The lowest BCUT2D eigenvalue weighted by Gasteiger charge is -2.54. The van der Waals surface area contributed by atoms with Crippen LogP contribution in [-0.4, -0.2) is 47.3 Å². The van der Waals surface area contributed by atoms with Gasteiger partial charge in [0, 0.05) is 31.0 Å². The molecule has 1 saturated heterocycles. The molecule has 1 aromatic rings. The largest absolute Gasteiger partial charge is 0.359 e. The fourth-order valence-corrected chi connectivity index (χ4v) is 7.90. The molecule has 0 radical (unpaired) electrons. The highest BCUT2D eigenvalue weighted by Gasteiger charge is 2.66. The van der Waals surface area contributed by atoms with Crippen molar-refractivity contribution in [2.75, 3.05) is 14.1 Å². The van der Waals surface area contributed by atoms with E-state index in [0.29, 0.717) is 18.0 Å². The lowest BCUT2D eigenvalue weighted by atomic mass is 9.60. The zero-order valence-electron chi connectivity index (χ0n) is 19.4. The number of nitrogens with one attached hydrogen (secondary N) is 1. The summed E-state index contributed by atoms with van der Waals surface area (Å²) in [6, 6.07) is 5.39. The molecule has 4 heteroatoms. The summed E-state index contributed by atoms with van der Waals surface area (Å²) in [5.74, 6) is 0.614. The van der Waals surface area contributed by atoms with E-state index >= 15 is 0 Å². The van der Waals surface area contributed by atoms with Crippen molar-refractivity contribution in [2.45, 2.75) is 88.1 Å². The first-order chi connectivity index (χ1) is 15.0. The molecule has 2 bridgehead atoms. The van der Waals surface area contributed by atoms with E-state index in [2.05, 4.69) is 54.4 Å². The fourth-order valence-electron chi connectivity index (χ4n) is 7.90. The third-order valence-electron chi connectivity index (χ3n) is 9.66. The molecule has 6 atom stereocenters. The maximum Gasteiger partial charge on any atom is 0.0975 e. The molecule has 0 aromatic carbocycles. The maximum atomic E-state index is 7.35. The zero-order valence-corrected chi connectivity index (χ0v) is 19.4. The first-order valence-electron chi connectivity index (χ1n) is 12.4. The minimum atomic E-state index is -0.0462. The minimum absolute atomic E-state index is 0.00397. The molecule has 2 saturated carbocycles. The monoisotopic (exact) mass is 419 g/mol. The van der Waals surface area contributed by atoms with Gasteiger partial charge in [-0.3, -0.25) is 4.98 Å². The van der Waals surface area contributed by atoms with Crippen molar-refractivity contribution >= 4 is 0 Å². The van der Waals surface area contributed by atoms with Gasteiger partial charge < -0.3 is 15.0 Å². The number of rotatable bonds is 4. The van der Waals surface area contributed by atoms with Crippen LogP contribution in [0.1, 0.15) is 63.9 Å². The maximum absolute atomic E-state index is 7.35. The molecule has 2 aliphatic heterocycles. The van der Waals surface area contributed by atoms with E-state index in [1.165, 1.54) is 62.5 Å². The van der Waals surface area contributed by atoms with E-state index < -0.39 is 0 Å². The standard InChI is InChI=1S/C27H37N3O/c1-25-11-10-21-15-20-6-7-22(30(2)3)16-26(20)12-13-27(21,31-26)23(25)8-9-24(25)29-18-19-5-4-14-28-17-19/h4-5,10,14-15,17,22-24,29H,6-9,11-13,16,18H2,1-3H3/t22-,23+,24-,25-,26+,27+/m0/s1. The number of fused-ring (bicyclic) bond motifs is 1. The molecule has 0 unspecified atom stereocenters. The smallest absolute Gasteiger partial charge is 0.0975 e. The van der Waals surface area contributed by atoms with Crippen LogP contribution in [0.2, 0.25) is 0 Å². The molecule has 1 aromatic heterocycles. The molecule has 0 amide bonds. The van der Waals surface area contributed by atoms with Crippen LogP contribution < -0.4 is 5.32 Å². The first kappa shape index (κ1) is 20.1. The van der Waals surface area contributed by atoms with Crippen LogP contribution in [0.15, 0.2) is 47.8 Å². The Morgan fingerprint density at radius 3 is 2.94 bits per heavy atom. The summed E-state index contributed by atoms with van der Waals surface area (Å²) >= 11 is 0. The average Bonchev–Trinajstić information content (AvgIpc) is 3.27. The van der Waals surface area contributed by atoms with Gasteiger partial charge in [0.25, 0.3) is 0 Å². The van der Waals surface area contributed by atoms with E-state index in [0.717, 1.165) is 6.54 Å². The summed E-state index contributed by atoms with van der Waals surface area (Å²) in [5.41, 5.74) is 4.61. The van der Waals surface area contributed by atoms with E-state index in [1.54, 1.807) is 5.57 Å². The molecular formula is C27H37N3O.